The average molecular weight is 357 g/mol. The molecule has 1 aliphatic carbocycles. The summed E-state index contributed by atoms with van der Waals surface area (Å²) in [5, 5.41) is 0. The maximum Gasteiger partial charge on any atom is 0.223 e. The highest BCUT2D eigenvalue weighted by Crippen LogP contribution is 2.33. The van der Waals surface area contributed by atoms with Crippen molar-refractivity contribution in [1.29, 1.82) is 0 Å². The molecule has 0 N–H and O–H groups in total. The summed E-state index contributed by atoms with van der Waals surface area (Å²) in [6, 6.07) is 0. The Balaban J connectivity index is 1.57. The van der Waals surface area contributed by atoms with Gasteiger partial charge in [-0.25, -0.2) is 8.57 Å². The molecule has 0 unspecified atom stereocenters. The number of hydrogen-bond donors (Lipinski definition) is 0. The fourth-order valence-electron chi connectivity index (χ4n) is 4.41. The summed E-state index contributed by atoms with van der Waals surface area (Å²) in [5.41, 5.74) is -0.273. The molecule has 2 aliphatic heterocycles. The van der Waals surface area contributed by atoms with Gasteiger partial charge in [-0.3, -0.25) is 4.79 Å². The van der Waals surface area contributed by atoms with Gasteiger partial charge in [0, 0.05) is 47.3 Å². The predicted octanol–water partition coefficient (Wildman–Crippen LogP) is 2.84. The van der Waals surface area contributed by atoms with Crippen LogP contribution < -0.4 is 0 Å². The third kappa shape index (κ3) is 4.31. The van der Waals surface area contributed by atoms with Crippen LogP contribution in [-0.2, 0) is 19.3 Å². The van der Waals surface area contributed by atoms with E-state index >= 15 is 0 Å². The summed E-state index contributed by atoms with van der Waals surface area (Å²) in [6.45, 7) is 4.57. The second-order valence-electron chi connectivity index (χ2n) is 7.68. The molecular weight excluding hydrogens is 324 g/mol. The quantitative estimate of drug-likeness (QED) is 0.781. The van der Waals surface area contributed by atoms with Gasteiger partial charge in [0.05, 0.1) is 12.2 Å². The van der Waals surface area contributed by atoms with Crippen molar-refractivity contribution in [2.24, 2.45) is 10.3 Å². The van der Waals surface area contributed by atoms with Crippen molar-refractivity contribution < 1.29 is 13.7 Å². The van der Waals surface area contributed by atoms with Crippen LogP contribution in [0.3, 0.4) is 0 Å². The third-order valence-corrected chi connectivity index (χ3v) is 8.32. The van der Waals surface area contributed by atoms with E-state index in [0.717, 1.165) is 12.8 Å². The zero-order chi connectivity index (χ0) is 17.0. The summed E-state index contributed by atoms with van der Waals surface area (Å²) < 4.78 is 23.0. The van der Waals surface area contributed by atoms with E-state index in [9.17, 15) is 9.00 Å². The zero-order valence-corrected chi connectivity index (χ0v) is 15.8. The Bertz CT molecular complexity index is 549. The maximum atomic E-state index is 12.7. The second-order valence-corrected chi connectivity index (χ2v) is 10.3. The Morgan fingerprint density at radius 2 is 1.96 bits per heavy atom. The number of carbonyl (C=O) groups is 1. The molecular formula is C18H32N2O3S. The fourth-order valence-corrected chi connectivity index (χ4v) is 6.72. The van der Waals surface area contributed by atoms with Crippen LogP contribution in [0.5, 0.6) is 0 Å². The van der Waals surface area contributed by atoms with E-state index in [-0.39, 0.29) is 5.60 Å². The molecule has 0 aromatic rings. The van der Waals surface area contributed by atoms with E-state index in [4.69, 9.17) is 4.74 Å². The van der Waals surface area contributed by atoms with Crippen LogP contribution >= 0.6 is 0 Å². The Labute approximate surface area is 146 Å². The first-order valence-electron chi connectivity index (χ1n) is 9.64. The minimum Gasteiger partial charge on any atom is -0.371 e. The molecule has 6 heteroatoms. The largest absolute Gasteiger partial charge is 0.371 e. The average Bonchev–Trinajstić information content (AvgIpc) is 2.60. The molecule has 0 atom stereocenters. The van der Waals surface area contributed by atoms with Crippen molar-refractivity contribution in [1.82, 2.24) is 4.90 Å². The van der Waals surface area contributed by atoms with Gasteiger partial charge in [-0.15, -0.1) is 0 Å². The highest BCUT2D eigenvalue weighted by Gasteiger charge is 2.42. The minimum atomic E-state index is -2.03. The van der Waals surface area contributed by atoms with E-state index in [1.807, 2.05) is 11.8 Å². The van der Waals surface area contributed by atoms with Gasteiger partial charge >= 0.3 is 0 Å². The summed E-state index contributed by atoms with van der Waals surface area (Å²) in [6.07, 6.45) is 8.54. The lowest BCUT2D eigenvalue weighted by Gasteiger charge is -2.45. The van der Waals surface area contributed by atoms with Gasteiger partial charge in [-0.1, -0.05) is 19.3 Å². The van der Waals surface area contributed by atoms with Gasteiger partial charge in [-0.2, -0.15) is 0 Å². The van der Waals surface area contributed by atoms with E-state index in [0.29, 0.717) is 56.0 Å². The molecule has 0 radical (unpaired) electrons. The van der Waals surface area contributed by atoms with Gasteiger partial charge in [0.25, 0.3) is 0 Å². The van der Waals surface area contributed by atoms with Gasteiger partial charge < -0.3 is 9.64 Å². The molecule has 5 nitrogen and oxygen atoms in total. The number of ether oxygens (including phenoxy) is 1. The molecule has 2 saturated heterocycles. The number of hydrogen-bond acceptors (Lipinski definition) is 4. The lowest BCUT2D eigenvalue weighted by Crippen LogP contribution is -2.56. The number of rotatable bonds is 3. The molecule has 0 aromatic carbocycles. The SMILES string of the molecule is CCN=S1(=O)CCC2(CC1)CN(C(=O)CC1CCCCC1)CCO2. The van der Waals surface area contributed by atoms with Crippen molar-refractivity contribution in [3.8, 4) is 0 Å². The van der Waals surface area contributed by atoms with Crippen molar-refractivity contribution >= 4 is 15.6 Å². The van der Waals surface area contributed by atoms with Crippen LogP contribution in [0.25, 0.3) is 0 Å². The van der Waals surface area contributed by atoms with Crippen LogP contribution in [0.1, 0.15) is 58.3 Å². The molecule has 3 fully saturated rings. The molecule has 138 valence electrons. The van der Waals surface area contributed by atoms with Gasteiger partial charge in [-0.05, 0) is 38.5 Å². The van der Waals surface area contributed by atoms with Crippen LogP contribution in [0, 0.1) is 5.92 Å². The summed E-state index contributed by atoms with van der Waals surface area (Å²) >= 11 is 0. The fraction of sp³-hybridized carbons (Fsp3) is 0.944. The normalized spacial score (nSPS) is 35.1. The van der Waals surface area contributed by atoms with Crippen molar-refractivity contribution in [2.75, 3.05) is 37.7 Å². The summed E-state index contributed by atoms with van der Waals surface area (Å²) in [7, 11) is -2.03. The molecule has 1 spiro atoms. The molecule has 0 bridgehead atoms. The second kappa shape index (κ2) is 7.73. The lowest BCUT2D eigenvalue weighted by atomic mass is 9.86. The highest BCUT2D eigenvalue weighted by atomic mass is 32.2. The first-order chi connectivity index (χ1) is 11.5. The van der Waals surface area contributed by atoms with E-state index < -0.39 is 9.73 Å². The Morgan fingerprint density at radius 1 is 1.25 bits per heavy atom. The van der Waals surface area contributed by atoms with E-state index in [1.54, 1.807) is 0 Å². The van der Waals surface area contributed by atoms with E-state index in [2.05, 4.69) is 4.36 Å². The predicted molar refractivity (Wildman–Crippen MR) is 96.5 cm³/mol. The summed E-state index contributed by atoms with van der Waals surface area (Å²) in [5.74, 6) is 2.12. The standard InChI is InChI=1S/C18H32N2O3S/c1-2-19-24(22)12-8-18(9-13-24)15-20(10-11-23-18)17(21)14-16-6-4-3-5-7-16/h16H,2-15H2,1H3. The Kier molecular flexibility index (Phi) is 5.85. The lowest BCUT2D eigenvalue weighted by molar-refractivity contribution is -0.153. The molecule has 0 aromatic heterocycles. The van der Waals surface area contributed by atoms with Crippen LogP contribution in [0.15, 0.2) is 4.36 Å². The first-order valence-corrected chi connectivity index (χ1v) is 11.5. The van der Waals surface area contributed by atoms with Crippen LogP contribution in [0.4, 0.5) is 0 Å². The minimum absolute atomic E-state index is 0.273. The zero-order valence-electron chi connectivity index (χ0n) is 15.0. The van der Waals surface area contributed by atoms with E-state index in [1.165, 1.54) is 32.1 Å². The third-order valence-electron chi connectivity index (χ3n) is 5.91. The monoisotopic (exact) mass is 356 g/mol. The number of carbonyl (C=O) groups excluding carboxylic acids is 1. The number of amides is 1. The van der Waals surface area contributed by atoms with Gasteiger partial charge in [0.15, 0.2) is 0 Å². The molecule has 3 rings (SSSR count). The maximum absolute atomic E-state index is 12.7. The number of nitrogens with zero attached hydrogens (tertiary/aromatic N) is 2. The molecule has 2 heterocycles. The summed E-state index contributed by atoms with van der Waals surface area (Å²) in [4.78, 5) is 14.7. The highest BCUT2D eigenvalue weighted by molar-refractivity contribution is 7.93. The van der Waals surface area contributed by atoms with Gasteiger partial charge in [0.1, 0.15) is 0 Å². The van der Waals surface area contributed by atoms with Crippen LogP contribution in [-0.4, -0.2) is 58.4 Å². The Hall–Kier alpha value is -0.620. The van der Waals surface area contributed by atoms with Crippen LogP contribution in [0.2, 0.25) is 0 Å². The molecule has 3 aliphatic rings. The smallest absolute Gasteiger partial charge is 0.223 e. The topological polar surface area (TPSA) is 59.0 Å². The molecule has 1 saturated carbocycles. The van der Waals surface area contributed by atoms with Crippen molar-refractivity contribution in [3.63, 3.8) is 0 Å². The molecule has 24 heavy (non-hydrogen) atoms. The Morgan fingerprint density at radius 3 is 2.62 bits per heavy atom. The molecule has 1 amide bonds. The first kappa shape index (κ1) is 18.2. The number of morpholine rings is 1. The van der Waals surface area contributed by atoms with Crippen molar-refractivity contribution in [2.45, 2.75) is 63.9 Å². The van der Waals surface area contributed by atoms with Crippen molar-refractivity contribution in [3.05, 3.63) is 0 Å². The van der Waals surface area contributed by atoms with Gasteiger partial charge in [0.2, 0.25) is 5.91 Å².